The SMILES string of the molecule is CC(C)(C)/[N+]([O-])=C\c1cncc(C(=O)NC(CS)C(=O)O)c1. The normalized spacial score (nSPS) is 13.5. The number of nitrogens with zero attached hydrogens (tertiary/aromatic N) is 2. The minimum Gasteiger partial charge on any atom is -0.623 e. The molecule has 1 unspecified atom stereocenters. The predicted octanol–water partition coefficient (Wildman–Crippen LogP) is 0.922. The maximum Gasteiger partial charge on any atom is 0.327 e. The second kappa shape index (κ2) is 7.26. The van der Waals surface area contributed by atoms with Crippen LogP contribution in [0.15, 0.2) is 18.5 Å². The Kier molecular flexibility index (Phi) is 5.92. The zero-order valence-electron chi connectivity index (χ0n) is 12.6. The number of hydroxylamine groups is 1. The number of carboxylic acid groups (broad SMARTS) is 1. The van der Waals surface area contributed by atoms with Gasteiger partial charge in [-0.3, -0.25) is 9.78 Å². The average molecular weight is 325 g/mol. The summed E-state index contributed by atoms with van der Waals surface area (Å²) in [6, 6.07) is 0.380. The van der Waals surface area contributed by atoms with Gasteiger partial charge in [-0.1, -0.05) is 0 Å². The maximum atomic E-state index is 12.0. The monoisotopic (exact) mass is 325 g/mol. The Hall–Kier alpha value is -2.09. The molecule has 1 heterocycles. The molecule has 1 aromatic rings. The van der Waals surface area contributed by atoms with E-state index in [1.165, 1.54) is 24.7 Å². The number of hydrogen-bond acceptors (Lipinski definition) is 5. The fraction of sp³-hybridized carbons (Fsp3) is 0.429. The fourth-order valence-corrected chi connectivity index (χ4v) is 1.66. The van der Waals surface area contributed by atoms with Gasteiger partial charge in [0.05, 0.1) is 11.1 Å². The van der Waals surface area contributed by atoms with Crippen molar-refractivity contribution in [3.05, 3.63) is 34.8 Å². The van der Waals surface area contributed by atoms with Crippen LogP contribution in [-0.2, 0) is 4.79 Å². The van der Waals surface area contributed by atoms with Gasteiger partial charge in [-0.25, -0.2) is 9.53 Å². The Labute approximate surface area is 134 Å². The summed E-state index contributed by atoms with van der Waals surface area (Å²) >= 11 is 3.87. The molecule has 1 aromatic heterocycles. The number of carbonyl (C=O) groups excluding carboxylic acids is 1. The molecule has 2 N–H and O–H groups in total. The van der Waals surface area contributed by atoms with Crippen LogP contribution >= 0.6 is 12.6 Å². The first-order valence-electron chi connectivity index (χ1n) is 6.56. The van der Waals surface area contributed by atoms with E-state index in [4.69, 9.17) is 5.11 Å². The van der Waals surface area contributed by atoms with Crippen molar-refractivity contribution >= 4 is 30.7 Å². The zero-order valence-corrected chi connectivity index (χ0v) is 13.5. The molecule has 8 heteroatoms. The third-order valence-electron chi connectivity index (χ3n) is 2.74. The molecule has 120 valence electrons. The predicted molar refractivity (Wildman–Crippen MR) is 85.5 cm³/mol. The number of amides is 1. The van der Waals surface area contributed by atoms with Crippen molar-refractivity contribution in [2.75, 3.05) is 5.75 Å². The lowest BCUT2D eigenvalue weighted by atomic mass is 10.1. The summed E-state index contributed by atoms with van der Waals surface area (Å²) in [5.41, 5.74) is 0.0121. The Balaban J connectivity index is 2.97. The van der Waals surface area contributed by atoms with Crippen LogP contribution in [0.5, 0.6) is 0 Å². The molecule has 7 nitrogen and oxygen atoms in total. The third kappa shape index (κ3) is 5.03. The van der Waals surface area contributed by atoms with Gasteiger partial charge in [-0.15, -0.1) is 0 Å². The van der Waals surface area contributed by atoms with Crippen LogP contribution in [0.25, 0.3) is 0 Å². The number of nitrogens with one attached hydrogen (secondary N) is 1. The van der Waals surface area contributed by atoms with E-state index in [0.29, 0.717) is 5.56 Å². The minimum absolute atomic E-state index is 0.0291. The van der Waals surface area contributed by atoms with Gasteiger partial charge in [0, 0.05) is 38.9 Å². The van der Waals surface area contributed by atoms with Crippen molar-refractivity contribution in [2.24, 2.45) is 0 Å². The van der Waals surface area contributed by atoms with Crippen molar-refractivity contribution in [3.8, 4) is 0 Å². The number of aliphatic carboxylic acids is 1. The van der Waals surface area contributed by atoms with E-state index in [2.05, 4.69) is 22.9 Å². The lowest BCUT2D eigenvalue weighted by molar-refractivity contribution is -0.530. The molecule has 0 fully saturated rings. The first-order chi connectivity index (χ1) is 10.1. The molecule has 0 spiro atoms. The van der Waals surface area contributed by atoms with Crippen LogP contribution in [0.2, 0.25) is 0 Å². The smallest absolute Gasteiger partial charge is 0.327 e. The van der Waals surface area contributed by atoms with E-state index in [9.17, 15) is 14.8 Å². The number of pyridine rings is 1. The number of carboxylic acids is 1. The number of aromatic nitrogens is 1. The van der Waals surface area contributed by atoms with Gasteiger partial charge in [0.1, 0.15) is 6.04 Å². The average Bonchev–Trinajstić information content (AvgIpc) is 2.43. The standard InChI is InChI=1S/C14H19N3O4S/c1-14(2,3)17(21)7-9-4-10(6-15-5-9)12(18)16-11(8-22)13(19)20/h4-7,11,22H,8H2,1-3H3,(H,16,18)(H,19,20)/b17-7+. The molecule has 0 aliphatic heterocycles. The van der Waals surface area contributed by atoms with E-state index >= 15 is 0 Å². The lowest BCUT2D eigenvalue weighted by Gasteiger charge is -2.18. The van der Waals surface area contributed by atoms with Crippen LogP contribution in [0.4, 0.5) is 0 Å². The molecule has 0 aromatic carbocycles. The molecule has 0 radical (unpaired) electrons. The van der Waals surface area contributed by atoms with Crippen LogP contribution < -0.4 is 5.32 Å². The molecule has 1 rings (SSSR count). The van der Waals surface area contributed by atoms with E-state index in [0.717, 1.165) is 4.74 Å². The Morgan fingerprint density at radius 1 is 1.50 bits per heavy atom. The highest BCUT2D eigenvalue weighted by Gasteiger charge is 2.20. The summed E-state index contributed by atoms with van der Waals surface area (Å²) < 4.78 is 0.763. The van der Waals surface area contributed by atoms with Gasteiger partial charge in [0.25, 0.3) is 5.91 Å². The molecular formula is C14H19N3O4S. The molecule has 0 saturated carbocycles. The molecule has 1 atom stereocenters. The number of rotatable bonds is 5. The maximum absolute atomic E-state index is 12.0. The molecule has 0 saturated heterocycles. The summed E-state index contributed by atoms with van der Waals surface area (Å²) in [6.07, 6.45) is 4.08. The van der Waals surface area contributed by atoms with Gasteiger partial charge in [0.2, 0.25) is 0 Å². The molecule has 0 aliphatic rings. The Morgan fingerprint density at radius 2 is 2.14 bits per heavy atom. The summed E-state index contributed by atoms with van der Waals surface area (Å²) in [7, 11) is 0. The van der Waals surface area contributed by atoms with Crippen molar-refractivity contribution < 1.29 is 19.4 Å². The highest BCUT2D eigenvalue weighted by Crippen LogP contribution is 2.07. The van der Waals surface area contributed by atoms with Gasteiger partial charge in [-0.05, 0) is 6.07 Å². The second-order valence-electron chi connectivity index (χ2n) is 5.68. The Morgan fingerprint density at radius 3 is 2.64 bits per heavy atom. The largest absolute Gasteiger partial charge is 0.623 e. The minimum atomic E-state index is -1.17. The highest BCUT2D eigenvalue weighted by molar-refractivity contribution is 7.80. The first kappa shape index (κ1) is 18.0. The molecule has 22 heavy (non-hydrogen) atoms. The molecular weight excluding hydrogens is 306 g/mol. The number of carbonyl (C=O) groups is 2. The number of thiol groups is 1. The van der Waals surface area contributed by atoms with Crippen LogP contribution in [0, 0.1) is 5.21 Å². The zero-order chi connectivity index (χ0) is 16.9. The summed E-state index contributed by atoms with van der Waals surface area (Å²) in [5, 5.41) is 23.1. The van der Waals surface area contributed by atoms with Gasteiger partial charge in [-0.2, -0.15) is 12.6 Å². The molecule has 0 aliphatic carbocycles. The summed E-state index contributed by atoms with van der Waals surface area (Å²) in [4.78, 5) is 26.8. The van der Waals surface area contributed by atoms with Gasteiger partial charge >= 0.3 is 5.97 Å². The van der Waals surface area contributed by atoms with Crippen molar-refractivity contribution in [3.63, 3.8) is 0 Å². The van der Waals surface area contributed by atoms with Crippen LogP contribution in [0.1, 0.15) is 36.7 Å². The fourth-order valence-electron chi connectivity index (χ4n) is 1.41. The quantitative estimate of drug-likeness (QED) is 0.245. The van der Waals surface area contributed by atoms with Crippen molar-refractivity contribution in [1.82, 2.24) is 10.3 Å². The second-order valence-corrected chi connectivity index (χ2v) is 6.04. The lowest BCUT2D eigenvalue weighted by Crippen LogP contribution is -2.42. The van der Waals surface area contributed by atoms with E-state index in [1.54, 1.807) is 20.8 Å². The van der Waals surface area contributed by atoms with Gasteiger partial charge < -0.3 is 15.6 Å². The summed E-state index contributed by atoms with van der Waals surface area (Å²) in [6.45, 7) is 5.26. The number of hydrogen-bond donors (Lipinski definition) is 3. The summed E-state index contributed by atoms with van der Waals surface area (Å²) in [5.74, 6) is -1.78. The van der Waals surface area contributed by atoms with E-state index in [1.807, 2.05) is 0 Å². The van der Waals surface area contributed by atoms with E-state index < -0.39 is 23.5 Å². The van der Waals surface area contributed by atoms with E-state index in [-0.39, 0.29) is 11.3 Å². The molecule has 0 bridgehead atoms. The van der Waals surface area contributed by atoms with Crippen LogP contribution in [-0.4, -0.2) is 50.3 Å². The third-order valence-corrected chi connectivity index (χ3v) is 3.10. The van der Waals surface area contributed by atoms with Gasteiger partial charge in [0.15, 0.2) is 11.8 Å². The Bertz CT molecular complexity index is 596. The molecule has 1 amide bonds. The first-order valence-corrected chi connectivity index (χ1v) is 7.19. The highest BCUT2D eigenvalue weighted by atomic mass is 32.1. The topological polar surface area (TPSA) is 105 Å². The van der Waals surface area contributed by atoms with Crippen molar-refractivity contribution in [2.45, 2.75) is 32.4 Å². The van der Waals surface area contributed by atoms with Crippen molar-refractivity contribution in [1.29, 1.82) is 0 Å². The van der Waals surface area contributed by atoms with Crippen LogP contribution in [0.3, 0.4) is 0 Å².